The minimum atomic E-state index is 0.103. The van der Waals surface area contributed by atoms with Crippen molar-refractivity contribution in [3.8, 4) is 11.5 Å². The maximum Gasteiger partial charge on any atom is 0.189 e. The van der Waals surface area contributed by atoms with E-state index in [-0.39, 0.29) is 13.6 Å². The van der Waals surface area contributed by atoms with E-state index in [9.17, 15) is 4.79 Å². The van der Waals surface area contributed by atoms with E-state index in [1.807, 2.05) is 20.8 Å². The van der Waals surface area contributed by atoms with Crippen molar-refractivity contribution < 1.29 is 23.7 Å². The van der Waals surface area contributed by atoms with E-state index in [4.69, 9.17) is 18.9 Å². The summed E-state index contributed by atoms with van der Waals surface area (Å²) < 4.78 is 21.1. The average molecular weight is 268 g/mol. The van der Waals surface area contributed by atoms with Gasteiger partial charge in [-0.25, -0.2) is 0 Å². The van der Waals surface area contributed by atoms with Crippen molar-refractivity contribution in [1.82, 2.24) is 0 Å². The standard InChI is InChI=1S/C14H20O5/c1-4-16-9-18-13-6-11(3)7-14(12(13)8-15)19-10-17-5-2/h6-8H,4-5,9-10H2,1-3H3. The lowest BCUT2D eigenvalue weighted by molar-refractivity contribution is 0.0175. The summed E-state index contributed by atoms with van der Waals surface area (Å²) in [4.78, 5) is 11.2. The molecule has 0 heterocycles. The Morgan fingerprint density at radius 2 is 1.47 bits per heavy atom. The molecular weight excluding hydrogens is 248 g/mol. The van der Waals surface area contributed by atoms with Crippen LogP contribution in [0.25, 0.3) is 0 Å². The van der Waals surface area contributed by atoms with Gasteiger partial charge in [0.25, 0.3) is 0 Å². The van der Waals surface area contributed by atoms with E-state index in [1.54, 1.807) is 12.1 Å². The first-order chi connectivity index (χ1) is 9.22. The van der Waals surface area contributed by atoms with Gasteiger partial charge in [-0.15, -0.1) is 0 Å². The summed E-state index contributed by atoms with van der Waals surface area (Å²) in [5.74, 6) is 0.907. The third-order valence-electron chi connectivity index (χ3n) is 2.37. The number of benzene rings is 1. The van der Waals surface area contributed by atoms with E-state index in [1.165, 1.54) is 0 Å². The molecule has 0 bridgehead atoms. The highest BCUT2D eigenvalue weighted by molar-refractivity contribution is 5.84. The van der Waals surface area contributed by atoms with E-state index < -0.39 is 0 Å². The van der Waals surface area contributed by atoms with Crippen LogP contribution in [0.2, 0.25) is 0 Å². The zero-order valence-electron chi connectivity index (χ0n) is 11.6. The molecule has 1 aromatic rings. The van der Waals surface area contributed by atoms with Crippen molar-refractivity contribution in [2.45, 2.75) is 20.8 Å². The van der Waals surface area contributed by atoms with Crippen molar-refractivity contribution in [2.75, 3.05) is 26.8 Å². The van der Waals surface area contributed by atoms with E-state index in [2.05, 4.69) is 0 Å². The minimum absolute atomic E-state index is 0.103. The smallest absolute Gasteiger partial charge is 0.189 e. The summed E-state index contributed by atoms with van der Waals surface area (Å²) in [5, 5.41) is 0. The lowest BCUT2D eigenvalue weighted by atomic mass is 10.1. The first-order valence-corrected chi connectivity index (χ1v) is 6.23. The third kappa shape index (κ3) is 4.89. The van der Waals surface area contributed by atoms with Gasteiger partial charge in [-0.05, 0) is 38.5 Å². The van der Waals surface area contributed by atoms with Crippen molar-refractivity contribution in [1.29, 1.82) is 0 Å². The van der Waals surface area contributed by atoms with Gasteiger partial charge >= 0.3 is 0 Å². The highest BCUT2D eigenvalue weighted by Gasteiger charge is 2.12. The van der Waals surface area contributed by atoms with E-state index in [0.29, 0.717) is 36.6 Å². The third-order valence-corrected chi connectivity index (χ3v) is 2.37. The highest BCUT2D eigenvalue weighted by atomic mass is 16.7. The molecule has 0 spiro atoms. The molecule has 0 saturated carbocycles. The fourth-order valence-electron chi connectivity index (χ4n) is 1.46. The molecule has 0 aromatic heterocycles. The second-order valence-corrected chi connectivity index (χ2v) is 3.80. The fourth-order valence-corrected chi connectivity index (χ4v) is 1.46. The van der Waals surface area contributed by atoms with Crippen LogP contribution in [0.15, 0.2) is 12.1 Å². The first-order valence-electron chi connectivity index (χ1n) is 6.23. The van der Waals surface area contributed by atoms with Crippen LogP contribution >= 0.6 is 0 Å². The lowest BCUT2D eigenvalue weighted by Crippen LogP contribution is -2.08. The van der Waals surface area contributed by atoms with Crippen LogP contribution in [0, 0.1) is 6.92 Å². The summed E-state index contributed by atoms with van der Waals surface area (Å²) in [7, 11) is 0. The molecule has 0 fully saturated rings. The van der Waals surface area contributed by atoms with Crippen LogP contribution in [0.4, 0.5) is 0 Å². The van der Waals surface area contributed by atoms with Crippen LogP contribution in [-0.4, -0.2) is 33.1 Å². The molecule has 106 valence electrons. The lowest BCUT2D eigenvalue weighted by Gasteiger charge is -2.14. The first kappa shape index (κ1) is 15.5. The number of ether oxygens (including phenoxy) is 4. The number of carbonyl (C=O) groups excluding carboxylic acids is 1. The predicted molar refractivity (Wildman–Crippen MR) is 70.8 cm³/mol. The number of aldehydes is 1. The zero-order chi connectivity index (χ0) is 14.1. The van der Waals surface area contributed by atoms with Crippen molar-refractivity contribution in [3.63, 3.8) is 0 Å². The minimum Gasteiger partial charge on any atom is -0.467 e. The number of carbonyl (C=O) groups is 1. The monoisotopic (exact) mass is 268 g/mol. The molecule has 0 unspecified atom stereocenters. The second-order valence-electron chi connectivity index (χ2n) is 3.80. The maximum absolute atomic E-state index is 11.2. The molecule has 0 N–H and O–H groups in total. The summed E-state index contributed by atoms with van der Waals surface area (Å²) >= 11 is 0. The van der Waals surface area contributed by atoms with Crippen LogP contribution < -0.4 is 9.47 Å². The molecule has 5 nitrogen and oxygen atoms in total. The number of hydrogen-bond acceptors (Lipinski definition) is 5. The number of hydrogen-bond donors (Lipinski definition) is 0. The van der Waals surface area contributed by atoms with Gasteiger partial charge in [-0.2, -0.15) is 0 Å². The SMILES string of the molecule is CCOCOc1cc(C)cc(OCOCC)c1C=O. The van der Waals surface area contributed by atoms with E-state index >= 15 is 0 Å². The Balaban J connectivity index is 2.86. The Morgan fingerprint density at radius 1 is 1.00 bits per heavy atom. The largest absolute Gasteiger partial charge is 0.467 e. The quantitative estimate of drug-likeness (QED) is 0.391. The van der Waals surface area contributed by atoms with Gasteiger partial charge in [0.15, 0.2) is 19.9 Å². The number of aryl methyl sites for hydroxylation is 1. The van der Waals surface area contributed by atoms with Gasteiger partial charge in [0.05, 0.1) is 5.56 Å². The van der Waals surface area contributed by atoms with Crippen molar-refractivity contribution >= 4 is 6.29 Å². The molecular formula is C14H20O5. The van der Waals surface area contributed by atoms with Crippen molar-refractivity contribution in [3.05, 3.63) is 23.3 Å². The van der Waals surface area contributed by atoms with Crippen LogP contribution in [0.1, 0.15) is 29.8 Å². The van der Waals surface area contributed by atoms with Crippen molar-refractivity contribution in [2.24, 2.45) is 0 Å². The Labute approximate surface area is 113 Å². The predicted octanol–water partition coefficient (Wildman–Crippen LogP) is 2.55. The number of rotatable bonds is 9. The molecule has 0 saturated heterocycles. The average Bonchev–Trinajstić information content (AvgIpc) is 2.39. The highest BCUT2D eigenvalue weighted by Crippen LogP contribution is 2.29. The maximum atomic E-state index is 11.2. The van der Waals surface area contributed by atoms with Gasteiger partial charge in [0.1, 0.15) is 11.5 Å². The Morgan fingerprint density at radius 3 is 1.84 bits per heavy atom. The molecule has 0 amide bonds. The van der Waals surface area contributed by atoms with Crippen LogP contribution in [-0.2, 0) is 9.47 Å². The Hall–Kier alpha value is -1.59. The van der Waals surface area contributed by atoms with Gasteiger partial charge in [0, 0.05) is 13.2 Å². The molecule has 0 radical (unpaired) electrons. The molecule has 0 atom stereocenters. The summed E-state index contributed by atoms with van der Waals surface area (Å²) in [6.45, 7) is 6.95. The molecule has 1 aromatic carbocycles. The molecule has 19 heavy (non-hydrogen) atoms. The molecule has 0 aliphatic heterocycles. The van der Waals surface area contributed by atoms with E-state index in [0.717, 1.165) is 5.56 Å². The van der Waals surface area contributed by atoms with Crippen LogP contribution in [0.3, 0.4) is 0 Å². The summed E-state index contributed by atoms with van der Waals surface area (Å²) in [6, 6.07) is 3.55. The Bertz CT molecular complexity index is 372. The summed E-state index contributed by atoms with van der Waals surface area (Å²) in [6.07, 6.45) is 0.710. The van der Waals surface area contributed by atoms with Crippen LogP contribution in [0.5, 0.6) is 11.5 Å². The van der Waals surface area contributed by atoms with Gasteiger partial charge in [-0.3, -0.25) is 4.79 Å². The molecule has 0 aliphatic carbocycles. The Kier molecular flexibility index (Phi) is 6.92. The fraction of sp³-hybridized carbons (Fsp3) is 0.500. The normalized spacial score (nSPS) is 10.3. The molecule has 1 rings (SSSR count). The topological polar surface area (TPSA) is 54.0 Å². The zero-order valence-corrected chi connectivity index (χ0v) is 11.6. The van der Waals surface area contributed by atoms with Gasteiger partial charge in [0.2, 0.25) is 0 Å². The second kappa shape index (κ2) is 8.50. The van der Waals surface area contributed by atoms with Gasteiger partial charge < -0.3 is 18.9 Å². The molecule has 5 heteroatoms. The molecule has 0 aliphatic rings. The summed E-state index contributed by atoms with van der Waals surface area (Å²) in [5.41, 5.74) is 1.30. The van der Waals surface area contributed by atoms with Gasteiger partial charge in [-0.1, -0.05) is 0 Å².